The monoisotopic (exact) mass is 417 g/mol. The Balaban J connectivity index is 1.58. The van der Waals surface area contributed by atoms with Crippen LogP contribution in [0.1, 0.15) is 94.4 Å². The predicted molar refractivity (Wildman–Crippen MR) is 126 cm³/mol. The van der Waals surface area contributed by atoms with E-state index in [9.17, 15) is 10.4 Å². The highest BCUT2D eigenvalue weighted by atomic mass is 16.5. The summed E-state index contributed by atoms with van der Waals surface area (Å²) in [5.41, 5.74) is 6.08. The molecule has 1 N–H and O–H groups in total. The lowest BCUT2D eigenvalue weighted by Gasteiger charge is -2.49. The van der Waals surface area contributed by atoms with Gasteiger partial charge >= 0.3 is 6.92 Å². The van der Waals surface area contributed by atoms with E-state index in [0.29, 0.717) is 11.8 Å². The van der Waals surface area contributed by atoms with Crippen LogP contribution in [0, 0.1) is 35.0 Å². The quantitative estimate of drug-likeness (QED) is 0.597. The molecule has 0 spiro atoms. The summed E-state index contributed by atoms with van der Waals surface area (Å²) in [6.07, 6.45) is 9.95. The van der Waals surface area contributed by atoms with Crippen LogP contribution in [0.5, 0.6) is 0 Å². The van der Waals surface area contributed by atoms with Crippen molar-refractivity contribution in [3.8, 4) is 6.07 Å². The van der Waals surface area contributed by atoms with Crippen LogP contribution in [-0.4, -0.2) is 23.7 Å². The van der Waals surface area contributed by atoms with Gasteiger partial charge in [-0.1, -0.05) is 26.0 Å². The number of hydrogen-bond acceptors (Lipinski definition) is 3. The van der Waals surface area contributed by atoms with E-state index in [2.05, 4.69) is 58.9 Å². The van der Waals surface area contributed by atoms with E-state index in [1.54, 1.807) is 0 Å². The van der Waals surface area contributed by atoms with Crippen molar-refractivity contribution in [3.63, 3.8) is 0 Å². The minimum atomic E-state index is -0.192. The van der Waals surface area contributed by atoms with E-state index >= 15 is 0 Å². The first-order chi connectivity index (χ1) is 14.6. The number of nitrogens with zero attached hydrogens (tertiary/aromatic N) is 1. The van der Waals surface area contributed by atoms with Crippen molar-refractivity contribution in [2.45, 2.75) is 97.1 Å². The molecule has 4 heteroatoms. The van der Waals surface area contributed by atoms with Crippen molar-refractivity contribution in [3.05, 3.63) is 40.5 Å². The Bertz CT molecular complexity index is 980. The lowest BCUT2D eigenvalue weighted by atomic mass is 9.47. The maximum atomic E-state index is 10.1. The summed E-state index contributed by atoms with van der Waals surface area (Å²) >= 11 is 0. The fraction of sp³-hybridized carbons (Fsp3) is 0.667. The van der Waals surface area contributed by atoms with Gasteiger partial charge < -0.3 is 9.76 Å². The standard InChI is InChI=1S/C27H36BNO2/c1-17-12-21-22(13-18(17)16-29)24(28-11-10-25(2,3)26(4,5)31-28)15-27(14-23(21)27)19-6-8-20(30)9-7-19/h12-13,15,19-20,23,30H,6-11,14H2,1-5H3. The minimum absolute atomic E-state index is 0.0867. The summed E-state index contributed by atoms with van der Waals surface area (Å²) < 4.78 is 6.81. The van der Waals surface area contributed by atoms with Crippen LogP contribution in [0.15, 0.2) is 18.2 Å². The average Bonchev–Trinajstić information content (AvgIpc) is 3.46. The van der Waals surface area contributed by atoms with Gasteiger partial charge in [-0.05, 0) is 117 Å². The molecule has 2 saturated carbocycles. The number of nitriles is 1. The largest absolute Gasteiger partial charge is 0.426 e. The molecular formula is C27H36BNO2. The minimum Gasteiger partial charge on any atom is -0.426 e. The van der Waals surface area contributed by atoms with Crippen molar-refractivity contribution in [2.75, 3.05) is 0 Å². The summed E-state index contributed by atoms with van der Waals surface area (Å²) in [6, 6.07) is 6.84. The molecule has 0 aromatic heterocycles. The summed E-state index contributed by atoms with van der Waals surface area (Å²) in [5.74, 6) is 1.21. The summed E-state index contributed by atoms with van der Waals surface area (Å²) in [6.45, 7) is 11.3. The Hall–Kier alpha value is -1.57. The second kappa shape index (κ2) is 6.96. The Morgan fingerprint density at radius 1 is 1.13 bits per heavy atom. The van der Waals surface area contributed by atoms with Gasteiger partial charge in [0.2, 0.25) is 0 Å². The lowest BCUT2D eigenvalue weighted by Crippen LogP contribution is -2.50. The molecule has 1 saturated heterocycles. The molecule has 3 aliphatic carbocycles. The Morgan fingerprint density at radius 2 is 1.84 bits per heavy atom. The lowest BCUT2D eigenvalue weighted by molar-refractivity contribution is -0.0309. The van der Waals surface area contributed by atoms with Gasteiger partial charge in [-0.3, -0.25) is 0 Å². The molecule has 31 heavy (non-hydrogen) atoms. The third-order valence-electron chi connectivity index (χ3n) is 9.58. The van der Waals surface area contributed by atoms with Gasteiger partial charge in [-0.25, -0.2) is 0 Å². The van der Waals surface area contributed by atoms with Gasteiger partial charge in [0.25, 0.3) is 0 Å². The molecule has 2 unspecified atom stereocenters. The van der Waals surface area contributed by atoms with E-state index in [4.69, 9.17) is 4.65 Å². The summed E-state index contributed by atoms with van der Waals surface area (Å²) in [5, 5.41) is 19.8. The molecule has 1 aromatic carbocycles. The van der Waals surface area contributed by atoms with E-state index in [1.807, 2.05) is 0 Å². The van der Waals surface area contributed by atoms with Crippen LogP contribution in [0.3, 0.4) is 0 Å². The van der Waals surface area contributed by atoms with Crippen LogP contribution in [0.4, 0.5) is 0 Å². The number of fused-ring (bicyclic) bond motifs is 3. The van der Waals surface area contributed by atoms with Gasteiger partial charge in [0, 0.05) is 0 Å². The van der Waals surface area contributed by atoms with E-state index in [0.717, 1.165) is 49.6 Å². The normalized spacial score (nSPS) is 35.5. The fourth-order valence-electron chi connectivity index (χ4n) is 6.64. The van der Waals surface area contributed by atoms with Crippen LogP contribution in [0.2, 0.25) is 6.32 Å². The van der Waals surface area contributed by atoms with Crippen molar-refractivity contribution in [1.82, 2.24) is 0 Å². The summed E-state index contributed by atoms with van der Waals surface area (Å²) in [7, 11) is 0. The number of benzene rings is 1. The van der Waals surface area contributed by atoms with Crippen molar-refractivity contribution < 1.29 is 9.76 Å². The van der Waals surface area contributed by atoms with Gasteiger partial charge in [-0.15, -0.1) is 0 Å². The molecular weight excluding hydrogens is 381 g/mol. The Labute approximate surface area is 188 Å². The smallest absolute Gasteiger partial charge is 0.327 e. The number of rotatable bonds is 2. The molecule has 1 aromatic rings. The fourth-order valence-corrected chi connectivity index (χ4v) is 6.64. The van der Waals surface area contributed by atoms with E-state index < -0.39 is 0 Å². The van der Waals surface area contributed by atoms with Gasteiger partial charge in [0.1, 0.15) is 0 Å². The topological polar surface area (TPSA) is 53.2 Å². The molecule has 1 aliphatic heterocycles. The zero-order valence-corrected chi connectivity index (χ0v) is 19.8. The molecule has 1 heterocycles. The zero-order valence-electron chi connectivity index (χ0n) is 19.8. The highest BCUT2D eigenvalue weighted by molar-refractivity contribution is 6.74. The molecule has 5 rings (SSSR count). The van der Waals surface area contributed by atoms with E-state index in [-0.39, 0.29) is 29.5 Å². The second-order valence-corrected chi connectivity index (χ2v) is 11.9. The van der Waals surface area contributed by atoms with Gasteiger partial charge in [-0.2, -0.15) is 5.26 Å². The Morgan fingerprint density at radius 3 is 2.48 bits per heavy atom. The van der Waals surface area contributed by atoms with Crippen molar-refractivity contribution in [1.29, 1.82) is 5.26 Å². The summed E-state index contributed by atoms with van der Waals surface area (Å²) in [4.78, 5) is 0. The third kappa shape index (κ3) is 3.23. The second-order valence-electron chi connectivity index (χ2n) is 11.9. The first kappa shape index (κ1) is 21.3. The molecule has 0 bridgehead atoms. The number of allylic oxidation sites excluding steroid dienone is 1. The van der Waals surface area contributed by atoms with Crippen molar-refractivity contribution in [2.24, 2.45) is 16.7 Å². The van der Waals surface area contributed by atoms with Crippen molar-refractivity contribution >= 4 is 12.4 Å². The predicted octanol–water partition coefficient (Wildman–Crippen LogP) is 6.04. The molecule has 2 atom stereocenters. The SMILES string of the molecule is Cc1cc2c(cc1C#N)C(B1CCC(C)(C)C(C)(C)O1)=CC1(C3CCC(O)CC3)CC21. The van der Waals surface area contributed by atoms with Crippen LogP contribution >= 0.6 is 0 Å². The molecule has 4 aliphatic rings. The molecule has 0 radical (unpaired) electrons. The third-order valence-corrected chi connectivity index (χ3v) is 9.58. The van der Waals surface area contributed by atoms with E-state index in [1.165, 1.54) is 23.0 Å². The van der Waals surface area contributed by atoms with Gasteiger partial charge in [0.05, 0.1) is 23.3 Å². The molecule has 0 amide bonds. The van der Waals surface area contributed by atoms with Crippen LogP contribution in [0.25, 0.3) is 5.47 Å². The maximum absolute atomic E-state index is 10.1. The van der Waals surface area contributed by atoms with Crippen LogP contribution in [-0.2, 0) is 4.65 Å². The average molecular weight is 417 g/mol. The highest BCUT2D eigenvalue weighted by Crippen LogP contribution is 2.71. The number of aliphatic hydroxyl groups excluding tert-OH is 1. The molecule has 3 nitrogen and oxygen atoms in total. The zero-order chi connectivity index (χ0) is 22.2. The molecule has 3 fully saturated rings. The first-order valence-corrected chi connectivity index (χ1v) is 12.2. The first-order valence-electron chi connectivity index (χ1n) is 12.2. The highest BCUT2D eigenvalue weighted by Gasteiger charge is 2.61. The number of hydrogen-bond donors (Lipinski definition) is 1. The number of aryl methyl sites for hydroxylation is 1. The molecule has 164 valence electrons. The Kier molecular flexibility index (Phi) is 4.78. The maximum Gasteiger partial charge on any atom is 0.327 e. The number of aliphatic hydroxyl groups is 1. The van der Waals surface area contributed by atoms with Gasteiger partial charge in [0.15, 0.2) is 0 Å². The van der Waals surface area contributed by atoms with Crippen LogP contribution < -0.4 is 0 Å².